The van der Waals surface area contributed by atoms with Gasteiger partial charge in [0, 0.05) is 42.6 Å². The number of morpholine rings is 1. The highest BCUT2D eigenvalue weighted by Crippen LogP contribution is 2.30. The summed E-state index contributed by atoms with van der Waals surface area (Å²) in [5, 5.41) is 1.52. The molecule has 0 saturated carbocycles. The van der Waals surface area contributed by atoms with Crippen LogP contribution in [-0.4, -0.2) is 71.9 Å². The predicted octanol–water partition coefficient (Wildman–Crippen LogP) is 2.40. The molecule has 1 saturated heterocycles. The van der Waals surface area contributed by atoms with Crippen LogP contribution in [0.3, 0.4) is 0 Å². The highest BCUT2D eigenvalue weighted by atomic mass is 16.5. The van der Waals surface area contributed by atoms with Gasteiger partial charge in [-0.15, -0.1) is 0 Å². The van der Waals surface area contributed by atoms with Gasteiger partial charge in [0.05, 0.1) is 12.2 Å². The summed E-state index contributed by atoms with van der Waals surface area (Å²) in [4.78, 5) is 52.9. The van der Waals surface area contributed by atoms with Gasteiger partial charge in [0.25, 0.3) is 17.7 Å². The maximum Gasteiger partial charge on any atom is 0.306 e. The van der Waals surface area contributed by atoms with Gasteiger partial charge < -0.3 is 14.4 Å². The van der Waals surface area contributed by atoms with Gasteiger partial charge >= 0.3 is 5.97 Å². The Kier molecular flexibility index (Phi) is 6.23. The van der Waals surface area contributed by atoms with Crippen molar-refractivity contribution in [2.75, 3.05) is 26.2 Å². The number of carbonyl (C=O) groups excluding carboxylic acids is 4. The summed E-state index contributed by atoms with van der Waals surface area (Å²) in [6.07, 6.45) is 0.142. The molecule has 0 aliphatic carbocycles. The van der Waals surface area contributed by atoms with E-state index < -0.39 is 5.97 Å². The van der Waals surface area contributed by atoms with Crippen molar-refractivity contribution in [3.05, 3.63) is 47.5 Å². The zero-order valence-electron chi connectivity index (χ0n) is 18.2. The Morgan fingerprint density at radius 2 is 1.59 bits per heavy atom. The molecule has 0 spiro atoms. The van der Waals surface area contributed by atoms with Gasteiger partial charge in [0.1, 0.15) is 0 Å². The summed E-state index contributed by atoms with van der Waals surface area (Å²) in [7, 11) is 0. The fraction of sp³-hybridized carbons (Fsp3) is 0.417. The summed E-state index contributed by atoms with van der Waals surface area (Å²) in [6, 6.07) is 10.7. The number of rotatable bonds is 6. The number of hydrogen-bond donors (Lipinski definition) is 0. The molecule has 2 aromatic rings. The van der Waals surface area contributed by atoms with Gasteiger partial charge in [-0.1, -0.05) is 24.3 Å². The third kappa shape index (κ3) is 4.36. The topological polar surface area (TPSA) is 93.2 Å². The molecule has 2 atom stereocenters. The van der Waals surface area contributed by atoms with Crippen LogP contribution < -0.4 is 0 Å². The predicted molar refractivity (Wildman–Crippen MR) is 116 cm³/mol. The van der Waals surface area contributed by atoms with Gasteiger partial charge in [0.15, 0.2) is 6.61 Å². The molecule has 168 valence electrons. The van der Waals surface area contributed by atoms with E-state index in [1.165, 1.54) is 4.90 Å². The van der Waals surface area contributed by atoms with Gasteiger partial charge in [-0.05, 0) is 37.8 Å². The Labute approximate surface area is 186 Å². The van der Waals surface area contributed by atoms with E-state index >= 15 is 0 Å². The number of carbonyl (C=O) groups is 4. The summed E-state index contributed by atoms with van der Waals surface area (Å²) in [5.41, 5.74) is 0.972. The molecule has 0 radical (unpaired) electrons. The average Bonchev–Trinajstić information content (AvgIpc) is 2.77. The lowest BCUT2D eigenvalue weighted by Crippen LogP contribution is -2.49. The highest BCUT2D eigenvalue weighted by molar-refractivity contribution is 6.25. The standard InChI is InChI=1S/C24H26N2O6/c1-15-12-25(13-16(2)32-15)20(27)14-31-21(28)10-5-11-26-23(29)18-8-3-6-17-7-4-9-19(22(17)18)24(26)30/h3-4,6-9,15-16H,5,10-14H2,1-2H3. The van der Waals surface area contributed by atoms with Crippen LogP contribution in [0.2, 0.25) is 0 Å². The third-order valence-corrected chi connectivity index (χ3v) is 5.75. The van der Waals surface area contributed by atoms with E-state index in [0.29, 0.717) is 29.6 Å². The second-order valence-corrected chi connectivity index (χ2v) is 8.29. The molecule has 2 aliphatic heterocycles. The molecule has 8 nitrogen and oxygen atoms in total. The summed E-state index contributed by atoms with van der Waals surface area (Å²) < 4.78 is 10.7. The monoisotopic (exact) mass is 438 g/mol. The van der Waals surface area contributed by atoms with Crippen LogP contribution in [0.4, 0.5) is 0 Å². The average molecular weight is 438 g/mol. The maximum absolute atomic E-state index is 12.9. The molecular weight excluding hydrogens is 412 g/mol. The maximum atomic E-state index is 12.9. The molecule has 2 heterocycles. The van der Waals surface area contributed by atoms with Gasteiger partial charge in [-0.3, -0.25) is 24.1 Å². The molecule has 2 aromatic carbocycles. The lowest BCUT2D eigenvalue weighted by Gasteiger charge is -2.35. The van der Waals surface area contributed by atoms with E-state index in [4.69, 9.17) is 9.47 Å². The molecule has 0 aromatic heterocycles. The lowest BCUT2D eigenvalue weighted by molar-refractivity contribution is -0.157. The van der Waals surface area contributed by atoms with Gasteiger partial charge in [-0.25, -0.2) is 0 Å². The summed E-state index contributed by atoms with van der Waals surface area (Å²) >= 11 is 0. The number of imide groups is 1. The molecule has 0 N–H and O–H groups in total. The van der Waals surface area contributed by atoms with Gasteiger partial charge in [-0.2, -0.15) is 0 Å². The lowest BCUT2D eigenvalue weighted by atomic mass is 9.94. The smallest absolute Gasteiger partial charge is 0.306 e. The molecule has 8 heteroatoms. The van der Waals surface area contributed by atoms with Crippen molar-refractivity contribution >= 4 is 34.5 Å². The van der Waals surface area contributed by atoms with Crippen molar-refractivity contribution in [1.82, 2.24) is 9.80 Å². The quantitative estimate of drug-likeness (QED) is 0.508. The van der Waals surface area contributed by atoms with Crippen LogP contribution in [0.15, 0.2) is 36.4 Å². The van der Waals surface area contributed by atoms with E-state index in [-0.39, 0.29) is 55.9 Å². The Morgan fingerprint density at radius 1 is 1.00 bits per heavy atom. The first-order valence-electron chi connectivity index (χ1n) is 10.8. The van der Waals surface area contributed by atoms with Crippen molar-refractivity contribution in [3.8, 4) is 0 Å². The number of ether oxygens (including phenoxy) is 2. The van der Waals surface area contributed by atoms with E-state index in [9.17, 15) is 19.2 Å². The third-order valence-electron chi connectivity index (χ3n) is 5.75. The molecule has 1 fully saturated rings. The first-order valence-corrected chi connectivity index (χ1v) is 10.8. The molecule has 3 amide bonds. The van der Waals surface area contributed by atoms with Crippen molar-refractivity contribution < 1.29 is 28.7 Å². The first kappa shape index (κ1) is 22.0. The van der Waals surface area contributed by atoms with Crippen LogP contribution in [0.5, 0.6) is 0 Å². The highest BCUT2D eigenvalue weighted by Gasteiger charge is 2.32. The normalized spacial score (nSPS) is 20.6. The van der Waals surface area contributed by atoms with Crippen molar-refractivity contribution in [2.45, 2.75) is 38.9 Å². The molecule has 32 heavy (non-hydrogen) atoms. The van der Waals surface area contributed by atoms with Crippen molar-refractivity contribution in [1.29, 1.82) is 0 Å². The van der Waals surface area contributed by atoms with Crippen molar-refractivity contribution in [2.24, 2.45) is 0 Å². The zero-order valence-corrected chi connectivity index (χ0v) is 18.2. The molecule has 2 aliphatic rings. The molecule has 4 rings (SSSR count). The Morgan fingerprint density at radius 3 is 2.19 bits per heavy atom. The second-order valence-electron chi connectivity index (χ2n) is 8.29. The molecular formula is C24H26N2O6. The Balaban J connectivity index is 1.29. The zero-order chi connectivity index (χ0) is 22.8. The minimum atomic E-state index is -0.535. The SMILES string of the molecule is CC1CN(C(=O)COC(=O)CCCN2C(=O)c3cccc4cccc(c34)C2=O)CC(C)O1. The van der Waals surface area contributed by atoms with Crippen LogP contribution in [-0.2, 0) is 19.1 Å². The number of hydrogen-bond acceptors (Lipinski definition) is 6. The Bertz CT molecular complexity index is 1020. The molecule has 2 unspecified atom stereocenters. The number of benzene rings is 2. The van der Waals surface area contributed by atoms with E-state index in [1.807, 2.05) is 26.0 Å². The van der Waals surface area contributed by atoms with Crippen LogP contribution in [0.1, 0.15) is 47.4 Å². The largest absolute Gasteiger partial charge is 0.456 e. The van der Waals surface area contributed by atoms with E-state index in [2.05, 4.69) is 0 Å². The van der Waals surface area contributed by atoms with E-state index in [0.717, 1.165) is 5.39 Å². The fourth-order valence-corrected chi connectivity index (χ4v) is 4.35. The van der Waals surface area contributed by atoms with Crippen molar-refractivity contribution in [3.63, 3.8) is 0 Å². The fourth-order valence-electron chi connectivity index (χ4n) is 4.35. The first-order chi connectivity index (χ1) is 15.3. The summed E-state index contributed by atoms with van der Waals surface area (Å²) in [6.45, 7) is 4.50. The van der Waals surface area contributed by atoms with E-state index in [1.54, 1.807) is 29.2 Å². The molecule has 0 bridgehead atoms. The summed E-state index contributed by atoms with van der Waals surface area (Å²) in [5.74, 6) is -1.52. The minimum Gasteiger partial charge on any atom is -0.456 e. The Hall–Kier alpha value is -3.26. The number of nitrogens with zero attached hydrogens (tertiary/aromatic N) is 2. The van der Waals surface area contributed by atoms with Crippen LogP contribution in [0, 0.1) is 0 Å². The van der Waals surface area contributed by atoms with Crippen LogP contribution >= 0.6 is 0 Å². The second kappa shape index (κ2) is 9.08. The minimum absolute atomic E-state index is 0.00606. The number of amides is 3. The number of esters is 1. The van der Waals surface area contributed by atoms with Crippen LogP contribution in [0.25, 0.3) is 10.8 Å². The van der Waals surface area contributed by atoms with Gasteiger partial charge in [0.2, 0.25) is 0 Å².